The number of halogens is 1. The van der Waals surface area contributed by atoms with Gasteiger partial charge in [-0.1, -0.05) is 55.2 Å². The van der Waals surface area contributed by atoms with E-state index in [1.807, 2.05) is 74.7 Å². The van der Waals surface area contributed by atoms with Crippen LogP contribution in [0.4, 0.5) is 38.3 Å². The van der Waals surface area contributed by atoms with Gasteiger partial charge in [-0.3, -0.25) is 0 Å². The molecule has 0 aliphatic rings. The molecule has 45 heavy (non-hydrogen) atoms. The first-order valence-corrected chi connectivity index (χ1v) is 13.5. The van der Waals surface area contributed by atoms with E-state index in [9.17, 15) is 0 Å². The van der Waals surface area contributed by atoms with Crippen molar-refractivity contribution >= 4 is 60.9 Å². The Balaban J connectivity index is -0.000000517. The summed E-state index contributed by atoms with van der Waals surface area (Å²) in [5.74, 6) is 0.958. The Morgan fingerprint density at radius 1 is 0.822 bits per heavy atom. The molecule has 5 rings (SSSR count). The standard InChI is InChI=1S/C10H10N4S.C6H9N3.C6H5N2.C4H6N2S.CH4.ClH.HNO2.Na/c1-7-9(15-10(11)12-7)14-13-8-5-3-2-4-6-8;1-4-2-5(7)9-6(8)3-4;7-8-6-4-2-1-3-5-6;1-3-2-7-4(5)6-3;;;2-1-3;/h2-6H,1H3,(H2,11,12);2-3H,1H3,(H4,7,8,9);1-5H;2H,1H3,(H2,5,6);1H4;1H;(H,2,3);/q;;+1;;;;;+1/p-2. The number of hydrogen-bond acceptors (Lipinski definition) is 15. The number of hydrogen-bond donors (Lipinski definition) is 4. The second-order valence-electron chi connectivity index (χ2n) is 7.81. The zero-order valence-corrected chi connectivity index (χ0v) is 28.8. The number of nitrogen functional groups attached to an aromatic ring is 4. The van der Waals surface area contributed by atoms with Crippen LogP contribution in [0.5, 0.6) is 0 Å². The third kappa shape index (κ3) is 21.2. The third-order valence-electron chi connectivity index (χ3n) is 4.32. The van der Waals surface area contributed by atoms with Crippen LogP contribution in [0.1, 0.15) is 24.4 Å². The summed E-state index contributed by atoms with van der Waals surface area (Å²) >= 11 is 2.81. The van der Waals surface area contributed by atoms with Crippen LogP contribution in [0.3, 0.4) is 0 Å². The Morgan fingerprint density at radius 3 is 1.67 bits per heavy atom. The van der Waals surface area contributed by atoms with Gasteiger partial charge in [-0.25, -0.2) is 15.0 Å². The number of thiazole rings is 2. The van der Waals surface area contributed by atoms with Gasteiger partial charge in [0.15, 0.2) is 20.2 Å². The normalized spacial score (nSPS) is 8.67. The minimum atomic E-state index is 0. The molecule has 14 nitrogen and oxygen atoms in total. The van der Waals surface area contributed by atoms with E-state index in [2.05, 4.69) is 30.2 Å². The summed E-state index contributed by atoms with van der Waals surface area (Å²) in [5, 5.41) is 29.2. The largest absolute Gasteiger partial charge is 1.00 e. The van der Waals surface area contributed by atoms with Crippen molar-refractivity contribution in [1.29, 1.82) is 5.39 Å². The van der Waals surface area contributed by atoms with E-state index < -0.39 is 0 Å². The maximum Gasteiger partial charge on any atom is 1.00 e. The van der Waals surface area contributed by atoms with Crippen molar-refractivity contribution in [3.63, 3.8) is 0 Å². The maximum atomic E-state index is 8.16. The molecule has 3 aromatic heterocycles. The van der Waals surface area contributed by atoms with Crippen LogP contribution in [0.15, 0.2) is 93.7 Å². The van der Waals surface area contributed by atoms with Crippen LogP contribution in [-0.4, -0.2) is 15.0 Å². The fourth-order valence-electron chi connectivity index (χ4n) is 2.69. The molecule has 3 heterocycles. The molecular weight excluding hydrogens is 647 g/mol. The summed E-state index contributed by atoms with van der Waals surface area (Å²) in [6.07, 6.45) is 0. The average Bonchev–Trinajstić information content (AvgIpc) is 3.50. The maximum absolute atomic E-state index is 8.16. The van der Waals surface area contributed by atoms with Gasteiger partial charge in [-0.15, -0.1) is 26.9 Å². The van der Waals surface area contributed by atoms with Crippen molar-refractivity contribution < 1.29 is 42.0 Å². The summed E-state index contributed by atoms with van der Waals surface area (Å²) in [4.78, 5) is 22.7. The predicted octanol–water partition coefficient (Wildman–Crippen LogP) is 2.10. The van der Waals surface area contributed by atoms with Crippen LogP contribution < -0.4 is 64.9 Å². The molecule has 18 heteroatoms. The van der Waals surface area contributed by atoms with Crippen LogP contribution in [0, 0.1) is 36.3 Å². The van der Waals surface area contributed by atoms with E-state index in [1.54, 1.807) is 24.3 Å². The molecule has 0 aliphatic carbocycles. The molecule has 0 saturated heterocycles. The summed E-state index contributed by atoms with van der Waals surface area (Å²) in [6, 6.07) is 22.1. The zero-order chi connectivity index (χ0) is 31.3. The molecule has 0 aliphatic heterocycles. The van der Waals surface area contributed by atoms with Crippen LogP contribution in [0.2, 0.25) is 0 Å². The Labute approximate surface area is 298 Å². The van der Waals surface area contributed by atoms with Gasteiger partial charge in [0.25, 0.3) is 0 Å². The predicted molar refractivity (Wildman–Crippen MR) is 178 cm³/mol. The molecule has 0 radical (unpaired) electrons. The number of nitrogens with two attached hydrogens (primary N) is 4. The van der Waals surface area contributed by atoms with Crippen LogP contribution >= 0.6 is 22.7 Å². The number of benzene rings is 2. The molecule has 2 aromatic carbocycles. The van der Waals surface area contributed by atoms with E-state index >= 15 is 0 Å². The first-order valence-electron chi connectivity index (χ1n) is 11.8. The van der Waals surface area contributed by atoms with E-state index in [-0.39, 0.29) is 49.4 Å². The van der Waals surface area contributed by atoms with Crippen molar-refractivity contribution in [2.24, 2.45) is 15.6 Å². The SMILES string of the molecule is C.Cc1cc(N)nc(N)c1.Cc1csc(N)n1.Cc1nc(N)sc1N=Nc1ccccc1.N#[N+]c1ccccc1.O=N[O-].[Cl-].[Na+]. The first-order chi connectivity index (χ1) is 20.1. The molecule has 234 valence electrons. The summed E-state index contributed by atoms with van der Waals surface area (Å²) in [7, 11) is 0. The molecular formula is C27H34ClN12NaO2S2. The number of rotatable bonds is 2. The topological polar surface area (TPSA) is 248 Å². The van der Waals surface area contributed by atoms with Gasteiger partial charge in [0.1, 0.15) is 11.6 Å². The van der Waals surface area contributed by atoms with Crippen molar-refractivity contribution in [3.05, 3.63) is 110 Å². The number of anilines is 4. The van der Waals surface area contributed by atoms with Crippen molar-refractivity contribution in [1.82, 2.24) is 15.0 Å². The molecule has 5 aromatic rings. The molecule has 0 saturated carbocycles. The van der Waals surface area contributed by atoms with Gasteiger partial charge < -0.3 is 45.5 Å². The molecule has 0 fully saturated rings. The summed E-state index contributed by atoms with van der Waals surface area (Å²) in [5.41, 5.74) is 25.9. The van der Waals surface area contributed by atoms with E-state index in [4.69, 9.17) is 38.4 Å². The van der Waals surface area contributed by atoms with Gasteiger partial charge in [-0.05, 0) is 50.6 Å². The molecule has 0 amide bonds. The summed E-state index contributed by atoms with van der Waals surface area (Å²) < 4.78 is 0. The quantitative estimate of drug-likeness (QED) is 0.0694. The number of aromatic nitrogens is 3. The first kappa shape index (κ1) is 45.2. The monoisotopic (exact) mass is 680 g/mol. The van der Waals surface area contributed by atoms with Gasteiger partial charge in [0.05, 0.1) is 17.1 Å². The molecule has 0 spiro atoms. The minimum Gasteiger partial charge on any atom is -1.00 e. The van der Waals surface area contributed by atoms with Crippen molar-refractivity contribution in [2.45, 2.75) is 28.2 Å². The second-order valence-corrected chi connectivity index (χ2v) is 9.71. The molecule has 0 unspecified atom stereocenters. The molecule has 8 N–H and O–H groups in total. The van der Waals surface area contributed by atoms with Gasteiger partial charge >= 0.3 is 35.2 Å². The third-order valence-corrected chi connectivity index (χ3v) is 5.98. The molecule has 0 bridgehead atoms. The van der Waals surface area contributed by atoms with E-state index in [0.717, 1.165) is 33.0 Å². The zero-order valence-electron chi connectivity index (χ0n) is 24.4. The number of azo groups is 1. The van der Waals surface area contributed by atoms with Gasteiger partial charge in [-0.2, -0.15) is 0 Å². The Morgan fingerprint density at radius 2 is 1.33 bits per heavy atom. The van der Waals surface area contributed by atoms with Crippen molar-refractivity contribution in [2.75, 3.05) is 22.9 Å². The Kier molecular flexibility index (Phi) is 26.3. The van der Waals surface area contributed by atoms with Crippen LogP contribution in [0.25, 0.3) is 4.98 Å². The molecule has 0 atom stereocenters. The summed E-state index contributed by atoms with van der Waals surface area (Å²) in [6.45, 7) is 5.72. The fraction of sp³-hybridized carbons (Fsp3) is 0.148. The Hall–Kier alpha value is -4.24. The van der Waals surface area contributed by atoms with Gasteiger partial charge in [0.2, 0.25) is 5.39 Å². The van der Waals surface area contributed by atoms with Crippen LogP contribution in [-0.2, 0) is 0 Å². The van der Waals surface area contributed by atoms with Crippen molar-refractivity contribution in [3.8, 4) is 0 Å². The van der Waals surface area contributed by atoms with E-state index in [1.165, 1.54) is 22.7 Å². The number of diazo groups is 1. The number of nitrogens with zero attached hydrogens (tertiary/aromatic N) is 8. The van der Waals surface area contributed by atoms with Gasteiger partial charge in [0, 0.05) is 17.5 Å². The average molecular weight is 681 g/mol. The van der Waals surface area contributed by atoms with E-state index in [0.29, 0.717) is 27.6 Å². The second kappa shape index (κ2) is 26.2. The number of pyridine rings is 1. The Bertz CT molecular complexity index is 1500. The fourth-order valence-corrected chi connectivity index (χ4v) is 3.88. The minimum absolute atomic E-state index is 0. The smallest absolute Gasteiger partial charge is 1.00 e. The number of aryl methyl sites for hydroxylation is 3.